The number of hydrogen-bond acceptors (Lipinski definition) is 3. The van der Waals surface area contributed by atoms with E-state index in [9.17, 15) is 4.79 Å². The number of carbonyl (C=O) groups excluding carboxylic acids is 1. The summed E-state index contributed by atoms with van der Waals surface area (Å²) in [5.74, 6) is -0.328. The molecule has 4 heteroatoms. The van der Waals surface area contributed by atoms with Crippen LogP contribution >= 0.6 is 11.6 Å². The van der Waals surface area contributed by atoms with Crippen molar-refractivity contribution in [3.63, 3.8) is 0 Å². The number of rotatable bonds is 5. The predicted octanol–water partition coefficient (Wildman–Crippen LogP) is 4.28. The second kappa shape index (κ2) is 6.90. The van der Waals surface area contributed by atoms with Gasteiger partial charge < -0.3 is 4.74 Å². The third-order valence-electron chi connectivity index (χ3n) is 2.67. The third kappa shape index (κ3) is 6.06. The second-order valence-electron chi connectivity index (χ2n) is 5.87. The molecular weight excluding hydrogens is 262 g/mol. The van der Waals surface area contributed by atoms with Gasteiger partial charge in [-0.25, -0.2) is 9.78 Å². The van der Waals surface area contributed by atoms with Crippen LogP contribution in [0.25, 0.3) is 0 Å². The fraction of sp³-hybridized carbons (Fsp3) is 0.600. The lowest BCUT2D eigenvalue weighted by Gasteiger charge is -2.17. The minimum absolute atomic E-state index is 0.156. The average molecular weight is 284 g/mol. The summed E-state index contributed by atoms with van der Waals surface area (Å²) in [6.07, 6.45) is 2.61. The normalized spacial score (nSPS) is 11.4. The van der Waals surface area contributed by atoms with Gasteiger partial charge in [0.05, 0.1) is 12.2 Å². The molecule has 0 radical (unpaired) electrons. The summed E-state index contributed by atoms with van der Waals surface area (Å²) < 4.78 is 5.27. The highest BCUT2D eigenvalue weighted by Crippen LogP contribution is 2.19. The molecule has 0 aliphatic heterocycles. The van der Waals surface area contributed by atoms with Crippen molar-refractivity contribution >= 4 is 17.6 Å². The molecule has 0 aliphatic carbocycles. The summed E-state index contributed by atoms with van der Waals surface area (Å²) in [6, 6.07) is 3.31. The van der Waals surface area contributed by atoms with E-state index in [1.807, 2.05) is 0 Å². The number of nitrogens with zero attached hydrogens (tertiary/aromatic N) is 1. The SMILES string of the molecule is CCCc1cc(C(=O)OCCC(C)(C)C)cc(Cl)n1. The van der Waals surface area contributed by atoms with Gasteiger partial charge in [0, 0.05) is 5.69 Å². The van der Waals surface area contributed by atoms with Crippen LogP contribution in [-0.2, 0) is 11.2 Å². The Morgan fingerprint density at radius 3 is 2.63 bits per heavy atom. The molecule has 0 saturated carbocycles. The molecule has 106 valence electrons. The number of hydrogen-bond donors (Lipinski definition) is 0. The van der Waals surface area contributed by atoms with Gasteiger partial charge in [0.2, 0.25) is 0 Å². The summed E-state index contributed by atoms with van der Waals surface area (Å²) in [4.78, 5) is 16.1. The third-order valence-corrected chi connectivity index (χ3v) is 2.87. The largest absolute Gasteiger partial charge is 0.462 e. The van der Waals surface area contributed by atoms with Crippen molar-refractivity contribution < 1.29 is 9.53 Å². The van der Waals surface area contributed by atoms with E-state index in [4.69, 9.17) is 16.3 Å². The van der Waals surface area contributed by atoms with Gasteiger partial charge >= 0.3 is 5.97 Å². The van der Waals surface area contributed by atoms with Crippen molar-refractivity contribution in [1.82, 2.24) is 4.98 Å². The van der Waals surface area contributed by atoms with E-state index < -0.39 is 0 Å². The Bertz CT molecular complexity index is 438. The van der Waals surface area contributed by atoms with Crippen LogP contribution in [0, 0.1) is 5.41 Å². The zero-order valence-electron chi connectivity index (χ0n) is 12.1. The monoisotopic (exact) mass is 283 g/mol. The molecule has 0 amide bonds. The summed E-state index contributed by atoms with van der Waals surface area (Å²) in [5, 5.41) is 0.341. The number of esters is 1. The van der Waals surface area contributed by atoms with Crippen LogP contribution in [0.1, 0.15) is 56.6 Å². The van der Waals surface area contributed by atoms with Crippen molar-refractivity contribution in [3.8, 4) is 0 Å². The number of pyridine rings is 1. The Labute approximate surface area is 120 Å². The maximum Gasteiger partial charge on any atom is 0.338 e. The maximum absolute atomic E-state index is 11.9. The summed E-state index contributed by atoms with van der Waals surface area (Å²) in [7, 11) is 0. The lowest BCUT2D eigenvalue weighted by Crippen LogP contribution is -2.13. The Morgan fingerprint density at radius 2 is 2.05 bits per heavy atom. The number of ether oxygens (including phenoxy) is 1. The zero-order chi connectivity index (χ0) is 14.5. The van der Waals surface area contributed by atoms with E-state index in [0.29, 0.717) is 17.3 Å². The predicted molar refractivity (Wildman–Crippen MR) is 77.6 cm³/mol. The van der Waals surface area contributed by atoms with Crippen molar-refractivity contribution in [2.75, 3.05) is 6.61 Å². The van der Waals surface area contributed by atoms with E-state index in [-0.39, 0.29) is 11.4 Å². The number of carbonyl (C=O) groups is 1. The molecule has 1 heterocycles. The molecule has 0 bridgehead atoms. The fourth-order valence-corrected chi connectivity index (χ4v) is 1.81. The number of aryl methyl sites for hydroxylation is 1. The van der Waals surface area contributed by atoms with Crippen molar-refractivity contribution in [2.45, 2.75) is 47.0 Å². The lowest BCUT2D eigenvalue weighted by molar-refractivity contribution is 0.0464. The van der Waals surface area contributed by atoms with Crippen molar-refractivity contribution in [1.29, 1.82) is 0 Å². The van der Waals surface area contributed by atoms with E-state index in [1.165, 1.54) is 0 Å². The van der Waals surface area contributed by atoms with Gasteiger partial charge in [0.1, 0.15) is 5.15 Å². The van der Waals surface area contributed by atoms with Crippen LogP contribution in [0.3, 0.4) is 0 Å². The van der Waals surface area contributed by atoms with Gasteiger partial charge in [0.25, 0.3) is 0 Å². The van der Waals surface area contributed by atoms with Gasteiger partial charge in [0.15, 0.2) is 0 Å². The van der Waals surface area contributed by atoms with Crippen molar-refractivity contribution in [2.24, 2.45) is 5.41 Å². The Kier molecular flexibility index (Phi) is 5.80. The minimum atomic E-state index is -0.328. The van der Waals surface area contributed by atoms with Crippen LogP contribution in [0.5, 0.6) is 0 Å². The van der Waals surface area contributed by atoms with Gasteiger partial charge in [-0.3, -0.25) is 0 Å². The molecule has 0 fully saturated rings. The first-order valence-corrected chi connectivity index (χ1v) is 7.03. The van der Waals surface area contributed by atoms with Crippen LogP contribution in [0.15, 0.2) is 12.1 Å². The molecule has 0 saturated heterocycles. The first-order valence-electron chi connectivity index (χ1n) is 6.65. The molecule has 0 unspecified atom stereocenters. The topological polar surface area (TPSA) is 39.2 Å². The second-order valence-corrected chi connectivity index (χ2v) is 6.25. The average Bonchev–Trinajstić information content (AvgIpc) is 2.26. The highest BCUT2D eigenvalue weighted by molar-refractivity contribution is 6.29. The molecule has 0 aliphatic rings. The molecule has 1 rings (SSSR count). The molecule has 0 atom stereocenters. The summed E-state index contributed by atoms with van der Waals surface area (Å²) in [6.45, 7) is 8.83. The van der Waals surface area contributed by atoms with Crippen LogP contribution in [-0.4, -0.2) is 17.6 Å². The molecule has 19 heavy (non-hydrogen) atoms. The molecule has 3 nitrogen and oxygen atoms in total. The molecule has 0 aromatic carbocycles. The Morgan fingerprint density at radius 1 is 1.37 bits per heavy atom. The Balaban J connectivity index is 2.66. The first-order chi connectivity index (χ1) is 8.81. The lowest BCUT2D eigenvalue weighted by atomic mass is 9.93. The minimum Gasteiger partial charge on any atom is -0.462 e. The van der Waals surface area contributed by atoms with Gasteiger partial charge in [-0.15, -0.1) is 0 Å². The molecule has 1 aromatic rings. The van der Waals surface area contributed by atoms with Gasteiger partial charge in [-0.1, -0.05) is 45.7 Å². The van der Waals surface area contributed by atoms with Crippen LogP contribution in [0.2, 0.25) is 5.15 Å². The highest BCUT2D eigenvalue weighted by atomic mass is 35.5. The van der Waals surface area contributed by atoms with E-state index in [2.05, 4.69) is 32.7 Å². The Hall–Kier alpha value is -1.09. The number of halogens is 1. The standard InChI is InChI=1S/C15H22ClNO2/c1-5-6-12-9-11(10-13(16)17-12)14(18)19-8-7-15(2,3)4/h9-10H,5-8H2,1-4H3. The van der Waals surface area contributed by atoms with E-state index in [0.717, 1.165) is 25.0 Å². The molecule has 0 N–H and O–H groups in total. The smallest absolute Gasteiger partial charge is 0.338 e. The molecular formula is C15H22ClNO2. The molecule has 1 aromatic heterocycles. The van der Waals surface area contributed by atoms with Crippen LogP contribution in [0.4, 0.5) is 0 Å². The van der Waals surface area contributed by atoms with E-state index >= 15 is 0 Å². The zero-order valence-corrected chi connectivity index (χ0v) is 12.9. The summed E-state index contributed by atoms with van der Waals surface area (Å²) in [5.41, 5.74) is 1.47. The summed E-state index contributed by atoms with van der Waals surface area (Å²) >= 11 is 5.92. The quantitative estimate of drug-likeness (QED) is 0.598. The molecule has 0 spiro atoms. The van der Waals surface area contributed by atoms with E-state index in [1.54, 1.807) is 12.1 Å². The van der Waals surface area contributed by atoms with Gasteiger partial charge in [-0.2, -0.15) is 0 Å². The van der Waals surface area contributed by atoms with Crippen LogP contribution < -0.4 is 0 Å². The first kappa shape index (κ1) is 16.0. The number of aromatic nitrogens is 1. The maximum atomic E-state index is 11.9. The van der Waals surface area contributed by atoms with Crippen molar-refractivity contribution in [3.05, 3.63) is 28.5 Å². The van der Waals surface area contributed by atoms with Gasteiger partial charge in [-0.05, 0) is 30.4 Å². The highest BCUT2D eigenvalue weighted by Gasteiger charge is 2.14. The fourth-order valence-electron chi connectivity index (χ4n) is 1.59.